The normalized spacial score (nSPS) is 12.2. The summed E-state index contributed by atoms with van der Waals surface area (Å²) in [6, 6.07) is 11.8. The SMILES string of the molecule is CCCN(C(=O)c1ccc(Cl)c(Cl)c1)C(CC)c1nc2ccccc2c(=O)n1CC. The van der Waals surface area contributed by atoms with Gasteiger partial charge in [0.05, 0.1) is 27.0 Å². The number of hydrogen-bond donors (Lipinski definition) is 0. The van der Waals surface area contributed by atoms with Crippen molar-refractivity contribution in [2.45, 2.75) is 46.2 Å². The Balaban J connectivity index is 2.14. The van der Waals surface area contributed by atoms with Crippen molar-refractivity contribution in [2.75, 3.05) is 6.54 Å². The fourth-order valence-electron chi connectivity index (χ4n) is 3.72. The lowest BCUT2D eigenvalue weighted by atomic mass is 10.1. The summed E-state index contributed by atoms with van der Waals surface area (Å²) < 4.78 is 1.67. The molecule has 0 bridgehead atoms. The molecule has 0 aliphatic heterocycles. The monoisotopic (exact) mass is 445 g/mol. The van der Waals surface area contributed by atoms with Crippen molar-refractivity contribution in [2.24, 2.45) is 0 Å². The summed E-state index contributed by atoms with van der Waals surface area (Å²) in [4.78, 5) is 33.1. The highest BCUT2D eigenvalue weighted by atomic mass is 35.5. The molecule has 1 atom stereocenters. The average molecular weight is 446 g/mol. The number of carbonyl (C=O) groups is 1. The zero-order valence-corrected chi connectivity index (χ0v) is 18.9. The zero-order chi connectivity index (χ0) is 21.8. The third-order valence-electron chi connectivity index (χ3n) is 5.16. The van der Waals surface area contributed by atoms with Crippen molar-refractivity contribution in [3.63, 3.8) is 0 Å². The van der Waals surface area contributed by atoms with Crippen LogP contribution in [0.4, 0.5) is 0 Å². The fraction of sp³-hybridized carbons (Fsp3) is 0.348. The first-order valence-corrected chi connectivity index (χ1v) is 10.9. The minimum absolute atomic E-state index is 0.0880. The van der Waals surface area contributed by atoms with E-state index in [1.165, 1.54) is 0 Å². The molecular weight excluding hydrogens is 421 g/mol. The first-order chi connectivity index (χ1) is 14.4. The fourth-order valence-corrected chi connectivity index (χ4v) is 4.02. The first-order valence-electron chi connectivity index (χ1n) is 10.2. The Morgan fingerprint density at radius 3 is 2.47 bits per heavy atom. The molecule has 0 fully saturated rings. The van der Waals surface area contributed by atoms with Gasteiger partial charge in [0, 0.05) is 18.7 Å². The Kier molecular flexibility index (Phi) is 7.16. The molecule has 0 radical (unpaired) electrons. The molecule has 0 aliphatic carbocycles. The maximum Gasteiger partial charge on any atom is 0.261 e. The van der Waals surface area contributed by atoms with Crippen LogP contribution in [0.2, 0.25) is 10.0 Å². The van der Waals surface area contributed by atoms with E-state index in [4.69, 9.17) is 28.2 Å². The average Bonchev–Trinajstić information content (AvgIpc) is 2.75. The molecule has 0 saturated carbocycles. The van der Waals surface area contributed by atoms with Crippen molar-refractivity contribution in [3.05, 3.63) is 74.3 Å². The summed E-state index contributed by atoms with van der Waals surface area (Å²) in [7, 11) is 0. The molecule has 5 nitrogen and oxygen atoms in total. The van der Waals surface area contributed by atoms with Crippen molar-refractivity contribution in [1.82, 2.24) is 14.5 Å². The maximum absolute atomic E-state index is 13.4. The topological polar surface area (TPSA) is 55.2 Å². The van der Waals surface area contributed by atoms with Gasteiger partial charge in [0.1, 0.15) is 5.82 Å². The zero-order valence-electron chi connectivity index (χ0n) is 17.4. The molecule has 3 rings (SSSR count). The predicted molar refractivity (Wildman–Crippen MR) is 122 cm³/mol. The molecule has 30 heavy (non-hydrogen) atoms. The van der Waals surface area contributed by atoms with Crippen LogP contribution in [0.1, 0.15) is 55.8 Å². The highest BCUT2D eigenvalue weighted by Gasteiger charge is 2.28. The largest absolute Gasteiger partial charge is 0.328 e. The Labute approximate surface area is 186 Å². The summed E-state index contributed by atoms with van der Waals surface area (Å²) in [5, 5.41) is 1.32. The Morgan fingerprint density at radius 2 is 1.83 bits per heavy atom. The molecule has 0 saturated heterocycles. The summed E-state index contributed by atoms with van der Waals surface area (Å²) in [5.41, 5.74) is 1.01. The van der Waals surface area contributed by atoms with E-state index in [1.807, 2.05) is 39.0 Å². The molecule has 7 heteroatoms. The van der Waals surface area contributed by atoms with Gasteiger partial charge in [0.2, 0.25) is 0 Å². The van der Waals surface area contributed by atoms with Crippen LogP contribution in [-0.4, -0.2) is 26.9 Å². The lowest BCUT2D eigenvalue weighted by Crippen LogP contribution is -2.39. The highest BCUT2D eigenvalue weighted by molar-refractivity contribution is 6.42. The molecule has 2 aromatic carbocycles. The third-order valence-corrected chi connectivity index (χ3v) is 5.90. The van der Waals surface area contributed by atoms with E-state index in [1.54, 1.807) is 33.7 Å². The van der Waals surface area contributed by atoms with Crippen LogP contribution >= 0.6 is 23.2 Å². The summed E-state index contributed by atoms with van der Waals surface area (Å²) in [5.74, 6) is 0.442. The van der Waals surface area contributed by atoms with Crippen LogP contribution in [0, 0.1) is 0 Å². The predicted octanol–water partition coefficient (Wildman–Crippen LogP) is 5.73. The van der Waals surface area contributed by atoms with Gasteiger partial charge in [-0.05, 0) is 50.1 Å². The smallest absolute Gasteiger partial charge is 0.261 e. The molecule has 0 spiro atoms. The molecule has 0 N–H and O–H groups in total. The number of carbonyl (C=O) groups excluding carboxylic acids is 1. The molecule has 1 aromatic heterocycles. The standard InChI is InChI=1S/C23H25Cl2N3O2/c1-4-13-28(22(29)15-11-12-17(24)18(25)14-15)20(5-2)21-26-19-10-8-7-9-16(19)23(30)27(21)6-3/h7-12,14,20H,4-6,13H2,1-3H3. The minimum atomic E-state index is -0.343. The number of para-hydroxylation sites is 1. The van der Waals surface area contributed by atoms with Crippen LogP contribution in [0.15, 0.2) is 47.3 Å². The second kappa shape index (κ2) is 9.63. The van der Waals surface area contributed by atoms with Gasteiger partial charge < -0.3 is 4.90 Å². The van der Waals surface area contributed by atoms with Gasteiger partial charge in [-0.3, -0.25) is 14.2 Å². The van der Waals surface area contributed by atoms with Gasteiger partial charge in [-0.1, -0.05) is 49.2 Å². The van der Waals surface area contributed by atoms with Gasteiger partial charge in [-0.2, -0.15) is 0 Å². The lowest BCUT2D eigenvalue weighted by Gasteiger charge is -2.32. The van der Waals surface area contributed by atoms with Crippen molar-refractivity contribution < 1.29 is 4.79 Å². The molecule has 1 heterocycles. The van der Waals surface area contributed by atoms with Gasteiger partial charge in [-0.25, -0.2) is 4.98 Å². The van der Waals surface area contributed by atoms with Crippen LogP contribution < -0.4 is 5.56 Å². The lowest BCUT2D eigenvalue weighted by molar-refractivity contribution is 0.0657. The Morgan fingerprint density at radius 1 is 1.10 bits per heavy atom. The quantitative estimate of drug-likeness (QED) is 0.466. The van der Waals surface area contributed by atoms with E-state index >= 15 is 0 Å². The minimum Gasteiger partial charge on any atom is -0.328 e. The second-order valence-electron chi connectivity index (χ2n) is 7.09. The van der Waals surface area contributed by atoms with Gasteiger partial charge in [0.25, 0.3) is 11.5 Å². The number of amides is 1. The maximum atomic E-state index is 13.4. The molecule has 0 aliphatic rings. The number of halogens is 2. The van der Waals surface area contributed by atoms with Crippen LogP contribution in [0.3, 0.4) is 0 Å². The Bertz CT molecular complexity index is 1130. The molecule has 1 unspecified atom stereocenters. The number of fused-ring (bicyclic) bond motifs is 1. The van der Waals surface area contributed by atoms with Crippen molar-refractivity contribution >= 4 is 40.0 Å². The Hall–Kier alpha value is -2.37. The first kappa shape index (κ1) is 22.3. The van der Waals surface area contributed by atoms with Crippen molar-refractivity contribution in [3.8, 4) is 0 Å². The van der Waals surface area contributed by atoms with Crippen molar-refractivity contribution in [1.29, 1.82) is 0 Å². The number of nitrogens with zero attached hydrogens (tertiary/aromatic N) is 3. The van der Waals surface area contributed by atoms with E-state index in [0.29, 0.717) is 51.8 Å². The van der Waals surface area contributed by atoms with E-state index in [2.05, 4.69) is 0 Å². The van der Waals surface area contributed by atoms with Crippen LogP contribution in [0.5, 0.6) is 0 Å². The van der Waals surface area contributed by atoms with Gasteiger partial charge in [0.15, 0.2) is 0 Å². The highest BCUT2D eigenvalue weighted by Crippen LogP contribution is 2.28. The summed E-state index contributed by atoms with van der Waals surface area (Å²) >= 11 is 12.2. The number of rotatable bonds is 7. The van der Waals surface area contributed by atoms with E-state index in [9.17, 15) is 9.59 Å². The van der Waals surface area contributed by atoms with E-state index in [0.717, 1.165) is 6.42 Å². The molecule has 1 amide bonds. The van der Waals surface area contributed by atoms with Crippen LogP contribution in [-0.2, 0) is 6.54 Å². The van der Waals surface area contributed by atoms with E-state index < -0.39 is 0 Å². The number of hydrogen-bond acceptors (Lipinski definition) is 3. The van der Waals surface area contributed by atoms with Gasteiger partial charge in [-0.15, -0.1) is 0 Å². The molecular formula is C23H25Cl2N3O2. The van der Waals surface area contributed by atoms with Gasteiger partial charge >= 0.3 is 0 Å². The summed E-state index contributed by atoms with van der Waals surface area (Å²) in [6.45, 7) is 6.94. The number of benzene rings is 2. The van der Waals surface area contributed by atoms with Crippen LogP contribution in [0.25, 0.3) is 10.9 Å². The van der Waals surface area contributed by atoms with E-state index in [-0.39, 0.29) is 17.5 Å². The molecule has 158 valence electrons. The third kappa shape index (κ3) is 4.23. The summed E-state index contributed by atoms with van der Waals surface area (Å²) in [6.07, 6.45) is 1.39. The second-order valence-corrected chi connectivity index (χ2v) is 7.90. The molecule has 3 aromatic rings. The number of aromatic nitrogens is 2.